The number of aliphatic hydroxyl groups is 1. The van der Waals surface area contributed by atoms with Crippen LogP contribution in [0.4, 0.5) is 0 Å². The second-order valence-electron chi connectivity index (χ2n) is 4.64. The summed E-state index contributed by atoms with van der Waals surface area (Å²) in [5.74, 6) is 0.773. The van der Waals surface area contributed by atoms with Crippen molar-refractivity contribution in [1.29, 1.82) is 0 Å². The van der Waals surface area contributed by atoms with Gasteiger partial charge in [-0.1, -0.05) is 18.2 Å². The number of ether oxygens (including phenoxy) is 1. The molecule has 3 nitrogen and oxygen atoms in total. The van der Waals surface area contributed by atoms with Crippen LogP contribution < -0.4 is 0 Å². The Morgan fingerprint density at radius 1 is 1.28 bits per heavy atom. The smallest absolute Gasteiger partial charge is 0.134 e. The van der Waals surface area contributed by atoms with Gasteiger partial charge in [-0.2, -0.15) is 0 Å². The Kier molecular flexibility index (Phi) is 2.84. The van der Waals surface area contributed by atoms with E-state index in [9.17, 15) is 5.11 Å². The molecule has 3 heteroatoms. The first-order valence-corrected chi connectivity index (χ1v) is 6.24. The highest BCUT2D eigenvalue weighted by molar-refractivity contribution is 5.83. The third kappa shape index (κ3) is 1.81. The van der Waals surface area contributed by atoms with Gasteiger partial charge in [0, 0.05) is 10.9 Å². The Labute approximate surface area is 106 Å². The van der Waals surface area contributed by atoms with Gasteiger partial charge in [-0.15, -0.1) is 0 Å². The molecule has 1 aromatic carbocycles. The van der Waals surface area contributed by atoms with E-state index in [0.717, 1.165) is 47.3 Å². The number of rotatable bonds is 2. The van der Waals surface area contributed by atoms with E-state index in [0.29, 0.717) is 0 Å². The van der Waals surface area contributed by atoms with Crippen molar-refractivity contribution in [2.24, 2.45) is 0 Å². The lowest BCUT2D eigenvalue weighted by atomic mass is 9.96. The number of furan rings is 1. The first-order valence-electron chi connectivity index (χ1n) is 6.24. The average Bonchev–Trinajstić information content (AvgIpc) is 2.75. The molecule has 94 valence electrons. The van der Waals surface area contributed by atoms with Crippen LogP contribution in [0, 0.1) is 6.92 Å². The molecule has 0 saturated heterocycles. The minimum atomic E-state index is -0.631. The number of hydrogen-bond donors (Lipinski definition) is 1. The third-order valence-corrected chi connectivity index (χ3v) is 3.41. The summed E-state index contributed by atoms with van der Waals surface area (Å²) in [5.41, 5.74) is 2.61. The number of benzene rings is 1. The first-order chi connectivity index (χ1) is 8.77. The average molecular weight is 244 g/mol. The predicted octanol–water partition coefficient (Wildman–Crippen LogP) is 3.47. The normalized spacial score (nSPS) is 17.3. The SMILES string of the molecule is Cc1oc2ccccc2c1C(O)C1=COCCC1. The quantitative estimate of drug-likeness (QED) is 0.879. The lowest BCUT2D eigenvalue weighted by molar-refractivity contribution is 0.170. The van der Waals surface area contributed by atoms with Crippen molar-refractivity contribution in [1.82, 2.24) is 0 Å². The van der Waals surface area contributed by atoms with Gasteiger partial charge in [-0.05, 0) is 31.4 Å². The molecule has 0 saturated carbocycles. The van der Waals surface area contributed by atoms with E-state index >= 15 is 0 Å². The Morgan fingerprint density at radius 2 is 2.11 bits per heavy atom. The van der Waals surface area contributed by atoms with Crippen molar-refractivity contribution >= 4 is 11.0 Å². The van der Waals surface area contributed by atoms with Crippen molar-refractivity contribution < 1.29 is 14.3 Å². The van der Waals surface area contributed by atoms with Gasteiger partial charge in [0.2, 0.25) is 0 Å². The van der Waals surface area contributed by atoms with Crippen LogP contribution in [0.5, 0.6) is 0 Å². The molecule has 1 aromatic heterocycles. The molecule has 0 bridgehead atoms. The Morgan fingerprint density at radius 3 is 2.89 bits per heavy atom. The van der Waals surface area contributed by atoms with Crippen LogP contribution in [-0.4, -0.2) is 11.7 Å². The molecule has 1 aliphatic heterocycles. The van der Waals surface area contributed by atoms with Crippen LogP contribution in [0.1, 0.15) is 30.3 Å². The van der Waals surface area contributed by atoms with Gasteiger partial charge in [0.15, 0.2) is 0 Å². The largest absolute Gasteiger partial charge is 0.501 e. The highest BCUT2D eigenvalue weighted by atomic mass is 16.5. The topological polar surface area (TPSA) is 42.6 Å². The second-order valence-corrected chi connectivity index (χ2v) is 4.64. The fourth-order valence-corrected chi connectivity index (χ4v) is 2.50. The molecule has 1 aliphatic rings. The van der Waals surface area contributed by atoms with Crippen molar-refractivity contribution in [3.05, 3.63) is 47.4 Å². The van der Waals surface area contributed by atoms with Crippen molar-refractivity contribution in [2.45, 2.75) is 25.9 Å². The molecule has 2 aromatic rings. The molecular formula is C15H16O3. The zero-order valence-corrected chi connectivity index (χ0v) is 10.3. The van der Waals surface area contributed by atoms with Gasteiger partial charge in [-0.25, -0.2) is 0 Å². The molecule has 1 N–H and O–H groups in total. The van der Waals surface area contributed by atoms with Gasteiger partial charge < -0.3 is 14.3 Å². The summed E-state index contributed by atoms with van der Waals surface area (Å²) in [5, 5.41) is 11.5. The Balaban J connectivity index is 2.08. The second kappa shape index (κ2) is 4.50. The van der Waals surface area contributed by atoms with E-state index in [4.69, 9.17) is 9.15 Å². The Bertz CT molecular complexity index is 595. The minimum absolute atomic E-state index is 0.631. The number of aliphatic hydroxyl groups excluding tert-OH is 1. The fourth-order valence-electron chi connectivity index (χ4n) is 2.50. The number of hydrogen-bond acceptors (Lipinski definition) is 3. The summed E-state index contributed by atoms with van der Waals surface area (Å²) in [7, 11) is 0. The maximum absolute atomic E-state index is 10.5. The zero-order chi connectivity index (χ0) is 12.5. The standard InChI is InChI=1S/C15H16O3/c1-10-14(12-6-2-3-7-13(12)18-10)15(16)11-5-4-8-17-9-11/h2-3,6-7,9,15-16H,4-5,8H2,1H3. The molecular weight excluding hydrogens is 228 g/mol. The van der Waals surface area contributed by atoms with E-state index < -0.39 is 6.10 Å². The third-order valence-electron chi connectivity index (χ3n) is 3.41. The highest BCUT2D eigenvalue weighted by Gasteiger charge is 2.23. The van der Waals surface area contributed by atoms with Gasteiger partial charge in [0.05, 0.1) is 12.9 Å². The summed E-state index contributed by atoms with van der Waals surface area (Å²) in [6.07, 6.45) is 2.89. The van der Waals surface area contributed by atoms with Crippen molar-refractivity contribution in [3.8, 4) is 0 Å². The van der Waals surface area contributed by atoms with E-state index in [1.807, 2.05) is 31.2 Å². The molecule has 3 rings (SSSR count). The zero-order valence-electron chi connectivity index (χ0n) is 10.3. The maximum atomic E-state index is 10.5. The van der Waals surface area contributed by atoms with Crippen LogP contribution in [-0.2, 0) is 4.74 Å². The van der Waals surface area contributed by atoms with Crippen LogP contribution in [0.2, 0.25) is 0 Å². The van der Waals surface area contributed by atoms with Gasteiger partial charge >= 0.3 is 0 Å². The summed E-state index contributed by atoms with van der Waals surface area (Å²) in [6.45, 7) is 2.63. The lowest BCUT2D eigenvalue weighted by Gasteiger charge is -2.18. The van der Waals surface area contributed by atoms with E-state index in [-0.39, 0.29) is 0 Å². The summed E-state index contributed by atoms with van der Waals surface area (Å²) >= 11 is 0. The van der Waals surface area contributed by atoms with E-state index in [1.165, 1.54) is 0 Å². The van der Waals surface area contributed by atoms with Gasteiger partial charge in [0.25, 0.3) is 0 Å². The van der Waals surface area contributed by atoms with Crippen molar-refractivity contribution in [3.63, 3.8) is 0 Å². The molecule has 0 spiro atoms. The fraction of sp³-hybridized carbons (Fsp3) is 0.333. The maximum Gasteiger partial charge on any atom is 0.134 e. The number of fused-ring (bicyclic) bond motifs is 1. The van der Waals surface area contributed by atoms with Crippen LogP contribution in [0.3, 0.4) is 0 Å². The van der Waals surface area contributed by atoms with Crippen LogP contribution in [0.15, 0.2) is 40.5 Å². The molecule has 0 amide bonds. The van der Waals surface area contributed by atoms with E-state index in [1.54, 1.807) is 6.26 Å². The molecule has 0 fully saturated rings. The first kappa shape index (κ1) is 11.4. The Hall–Kier alpha value is -1.74. The monoisotopic (exact) mass is 244 g/mol. The van der Waals surface area contributed by atoms with Crippen LogP contribution >= 0.6 is 0 Å². The van der Waals surface area contributed by atoms with Gasteiger partial charge in [-0.3, -0.25) is 0 Å². The van der Waals surface area contributed by atoms with Crippen molar-refractivity contribution in [2.75, 3.05) is 6.61 Å². The molecule has 2 heterocycles. The number of para-hydroxylation sites is 1. The summed E-state index contributed by atoms with van der Waals surface area (Å²) in [4.78, 5) is 0. The number of aryl methyl sites for hydroxylation is 1. The highest BCUT2D eigenvalue weighted by Crippen LogP contribution is 2.36. The minimum Gasteiger partial charge on any atom is -0.501 e. The molecule has 18 heavy (non-hydrogen) atoms. The molecule has 0 aliphatic carbocycles. The lowest BCUT2D eigenvalue weighted by Crippen LogP contribution is -2.08. The molecule has 0 radical (unpaired) electrons. The summed E-state index contributed by atoms with van der Waals surface area (Å²) < 4.78 is 11.0. The molecule has 1 atom stereocenters. The molecule has 1 unspecified atom stereocenters. The van der Waals surface area contributed by atoms with Crippen LogP contribution in [0.25, 0.3) is 11.0 Å². The summed E-state index contributed by atoms with van der Waals surface area (Å²) in [6, 6.07) is 7.79. The van der Waals surface area contributed by atoms with Gasteiger partial charge in [0.1, 0.15) is 17.4 Å². The van der Waals surface area contributed by atoms with E-state index in [2.05, 4.69) is 0 Å². The predicted molar refractivity (Wildman–Crippen MR) is 69.2 cm³/mol.